The molecule has 0 radical (unpaired) electrons. The van der Waals surface area contributed by atoms with E-state index in [-0.39, 0.29) is 11.9 Å². The molecule has 0 saturated carbocycles. The lowest BCUT2D eigenvalue weighted by Crippen LogP contribution is -2.45. The zero-order chi connectivity index (χ0) is 13.8. The maximum Gasteiger partial charge on any atom is 0.239 e. The molecule has 0 heterocycles. The summed E-state index contributed by atoms with van der Waals surface area (Å²) in [6.07, 6.45) is 7.79. The van der Waals surface area contributed by atoms with Gasteiger partial charge in [0.2, 0.25) is 5.91 Å². The number of hydrogen-bond donors (Lipinski definition) is 1. The molecule has 3 nitrogen and oxygen atoms in total. The first-order valence-corrected chi connectivity index (χ1v) is 7.69. The Balaban J connectivity index is 3.57. The van der Waals surface area contributed by atoms with Crippen LogP contribution in [0.25, 0.3) is 0 Å². The van der Waals surface area contributed by atoms with Crippen molar-refractivity contribution in [1.82, 2.24) is 10.2 Å². The number of rotatable bonds is 11. The molecule has 1 atom stereocenters. The summed E-state index contributed by atoms with van der Waals surface area (Å²) in [4.78, 5) is 13.9. The van der Waals surface area contributed by atoms with Gasteiger partial charge in [-0.2, -0.15) is 0 Å². The summed E-state index contributed by atoms with van der Waals surface area (Å²) in [6, 6.07) is -0.0412. The number of likely N-dealkylation sites (N-methyl/N-ethyl adjacent to an activating group) is 1. The van der Waals surface area contributed by atoms with Gasteiger partial charge in [0.1, 0.15) is 0 Å². The zero-order valence-corrected chi connectivity index (χ0v) is 12.8. The van der Waals surface area contributed by atoms with Gasteiger partial charge in [0.05, 0.1) is 6.04 Å². The Morgan fingerprint density at radius 3 is 2.11 bits per heavy atom. The number of nitrogens with one attached hydrogen (secondary N) is 1. The molecule has 3 heteroatoms. The van der Waals surface area contributed by atoms with Crippen LogP contribution in [0.4, 0.5) is 0 Å². The fourth-order valence-electron chi connectivity index (χ4n) is 2.12. The molecule has 108 valence electrons. The van der Waals surface area contributed by atoms with Gasteiger partial charge in [-0.05, 0) is 33.7 Å². The highest BCUT2D eigenvalue weighted by atomic mass is 16.2. The lowest BCUT2D eigenvalue weighted by Gasteiger charge is -2.23. The third-order valence-corrected chi connectivity index (χ3v) is 3.43. The van der Waals surface area contributed by atoms with Crippen LogP contribution < -0.4 is 5.32 Å². The van der Waals surface area contributed by atoms with Crippen molar-refractivity contribution < 1.29 is 4.79 Å². The Bertz CT molecular complexity index is 203. The molecule has 0 aromatic rings. The minimum absolute atomic E-state index is 0.0412. The van der Waals surface area contributed by atoms with Crippen molar-refractivity contribution in [2.24, 2.45) is 0 Å². The van der Waals surface area contributed by atoms with Crippen LogP contribution >= 0.6 is 0 Å². The standard InChI is InChI=1S/C15H32N2O/c1-5-8-9-10-11-12-13-16-14(4)15(18)17(6-2)7-3/h14,16H,5-13H2,1-4H3. The average Bonchev–Trinajstić information content (AvgIpc) is 2.38. The second kappa shape index (κ2) is 11.5. The van der Waals surface area contributed by atoms with E-state index in [4.69, 9.17) is 0 Å². The largest absolute Gasteiger partial charge is 0.342 e. The van der Waals surface area contributed by atoms with E-state index in [0.717, 1.165) is 19.6 Å². The predicted molar refractivity (Wildman–Crippen MR) is 78.8 cm³/mol. The van der Waals surface area contributed by atoms with Gasteiger partial charge >= 0.3 is 0 Å². The van der Waals surface area contributed by atoms with Gasteiger partial charge in [0.25, 0.3) is 0 Å². The van der Waals surface area contributed by atoms with Crippen LogP contribution in [-0.2, 0) is 4.79 Å². The lowest BCUT2D eigenvalue weighted by molar-refractivity contribution is -0.132. The highest BCUT2D eigenvalue weighted by Gasteiger charge is 2.16. The summed E-state index contributed by atoms with van der Waals surface area (Å²) in [5.74, 6) is 0.228. The molecule has 18 heavy (non-hydrogen) atoms. The van der Waals surface area contributed by atoms with Crippen molar-refractivity contribution in [1.29, 1.82) is 0 Å². The molecule has 1 unspecified atom stereocenters. The summed E-state index contributed by atoms with van der Waals surface area (Å²) in [6.45, 7) is 10.8. The van der Waals surface area contributed by atoms with E-state index in [1.807, 2.05) is 25.7 Å². The molecule has 0 aliphatic rings. The maximum atomic E-state index is 12.0. The van der Waals surface area contributed by atoms with Gasteiger partial charge in [-0.15, -0.1) is 0 Å². The number of unbranched alkanes of at least 4 members (excludes halogenated alkanes) is 5. The van der Waals surface area contributed by atoms with Crippen LogP contribution in [0.2, 0.25) is 0 Å². The van der Waals surface area contributed by atoms with Crippen LogP contribution in [0.5, 0.6) is 0 Å². The van der Waals surface area contributed by atoms with Crippen LogP contribution in [0.15, 0.2) is 0 Å². The fourth-order valence-corrected chi connectivity index (χ4v) is 2.12. The summed E-state index contributed by atoms with van der Waals surface area (Å²) in [5.41, 5.74) is 0. The average molecular weight is 256 g/mol. The number of carbonyl (C=O) groups excluding carboxylic acids is 1. The number of carbonyl (C=O) groups is 1. The molecule has 1 amide bonds. The molecular formula is C15H32N2O. The van der Waals surface area contributed by atoms with Gasteiger partial charge in [-0.25, -0.2) is 0 Å². The second-order valence-corrected chi connectivity index (χ2v) is 4.95. The monoisotopic (exact) mass is 256 g/mol. The molecule has 0 aliphatic carbocycles. The molecule has 0 saturated heterocycles. The third-order valence-electron chi connectivity index (χ3n) is 3.43. The van der Waals surface area contributed by atoms with Gasteiger partial charge in [-0.1, -0.05) is 39.0 Å². The Labute approximate surface area is 113 Å². The van der Waals surface area contributed by atoms with Crippen LogP contribution in [0.1, 0.15) is 66.2 Å². The first kappa shape index (κ1) is 17.4. The van der Waals surface area contributed by atoms with E-state index in [1.54, 1.807) is 0 Å². The van der Waals surface area contributed by atoms with Gasteiger partial charge in [-0.3, -0.25) is 4.79 Å². The minimum Gasteiger partial charge on any atom is -0.342 e. The molecule has 0 spiro atoms. The summed E-state index contributed by atoms with van der Waals surface area (Å²) in [7, 11) is 0. The highest BCUT2D eigenvalue weighted by Crippen LogP contribution is 2.04. The van der Waals surface area contributed by atoms with E-state index >= 15 is 0 Å². The summed E-state index contributed by atoms with van der Waals surface area (Å²) in [5, 5.41) is 3.33. The first-order valence-electron chi connectivity index (χ1n) is 7.69. The molecule has 1 N–H and O–H groups in total. The third kappa shape index (κ3) is 7.70. The SMILES string of the molecule is CCCCCCCCNC(C)C(=O)N(CC)CC. The fraction of sp³-hybridized carbons (Fsp3) is 0.933. The predicted octanol–water partition coefficient (Wildman–Crippen LogP) is 3.19. The summed E-state index contributed by atoms with van der Waals surface area (Å²) >= 11 is 0. The molecule has 0 rings (SSSR count). The van der Waals surface area contributed by atoms with Crippen LogP contribution in [0, 0.1) is 0 Å². The highest BCUT2D eigenvalue weighted by molar-refractivity contribution is 5.81. The molecule has 0 fully saturated rings. The Morgan fingerprint density at radius 2 is 1.56 bits per heavy atom. The maximum absolute atomic E-state index is 12.0. The van der Waals surface area contributed by atoms with Gasteiger partial charge in [0.15, 0.2) is 0 Å². The molecule has 0 aliphatic heterocycles. The minimum atomic E-state index is -0.0412. The van der Waals surface area contributed by atoms with Crippen LogP contribution in [0.3, 0.4) is 0 Å². The number of amides is 1. The normalized spacial score (nSPS) is 12.4. The van der Waals surface area contributed by atoms with Gasteiger partial charge in [0, 0.05) is 13.1 Å². The Morgan fingerprint density at radius 1 is 1.00 bits per heavy atom. The Kier molecular flexibility index (Phi) is 11.2. The molecule has 0 bridgehead atoms. The zero-order valence-electron chi connectivity index (χ0n) is 12.8. The Hall–Kier alpha value is -0.570. The van der Waals surface area contributed by atoms with Crippen molar-refractivity contribution in [3.63, 3.8) is 0 Å². The smallest absolute Gasteiger partial charge is 0.239 e. The molecule has 0 aromatic carbocycles. The second-order valence-electron chi connectivity index (χ2n) is 4.95. The topological polar surface area (TPSA) is 32.3 Å². The van der Waals surface area contributed by atoms with Crippen molar-refractivity contribution in [3.05, 3.63) is 0 Å². The van der Waals surface area contributed by atoms with Crippen molar-refractivity contribution in [2.45, 2.75) is 72.3 Å². The van der Waals surface area contributed by atoms with E-state index in [0.29, 0.717) is 0 Å². The number of nitrogens with zero attached hydrogens (tertiary/aromatic N) is 1. The lowest BCUT2D eigenvalue weighted by atomic mass is 10.1. The van der Waals surface area contributed by atoms with E-state index in [1.165, 1.54) is 38.5 Å². The summed E-state index contributed by atoms with van der Waals surface area (Å²) < 4.78 is 0. The quantitative estimate of drug-likeness (QED) is 0.576. The van der Waals surface area contributed by atoms with Crippen molar-refractivity contribution in [2.75, 3.05) is 19.6 Å². The van der Waals surface area contributed by atoms with Crippen molar-refractivity contribution in [3.8, 4) is 0 Å². The van der Waals surface area contributed by atoms with E-state index < -0.39 is 0 Å². The molecule has 0 aromatic heterocycles. The van der Waals surface area contributed by atoms with E-state index in [2.05, 4.69) is 12.2 Å². The van der Waals surface area contributed by atoms with Gasteiger partial charge < -0.3 is 10.2 Å². The molecular weight excluding hydrogens is 224 g/mol. The van der Waals surface area contributed by atoms with E-state index in [9.17, 15) is 4.79 Å². The van der Waals surface area contributed by atoms with Crippen LogP contribution in [-0.4, -0.2) is 36.5 Å². The van der Waals surface area contributed by atoms with Crippen molar-refractivity contribution >= 4 is 5.91 Å². The number of hydrogen-bond acceptors (Lipinski definition) is 2. The first-order chi connectivity index (χ1) is 8.67.